The van der Waals surface area contributed by atoms with Gasteiger partial charge in [0, 0.05) is 13.0 Å². The maximum atomic E-state index is 11.9. The molecule has 4 saturated carbocycles. The Morgan fingerprint density at radius 1 is 1.10 bits per heavy atom. The predicted octanol–water partition coefficient (Wildman–Crippen LogP) is 2.84. The van der Waals surface area contributed by atoms with Gasteiger partial charge >= 0.3 is 5.97 Å². The summed E-state index contributed by atoms with van der Waals surface area (Å²) in [6.07, 6.45) is 9.71. The number of rotatable bonds is 3. The number of esters is 1. The van der Waals surface area contributed by atoms with Crippen LogP contribution >= 0.6 is 0 Å². The molecule has 5 rings (SSSR count). The van der Waals surface area contributed by atoms with E-state index in [4.69, 9.17) is 4.74 Å². The molecule has 4 aliphatic carbocycles. The minimum Gasteiger partial charge on any atom is -0.461 e. The molecule has 1 heterocycles. The minimum atomic E-state index is 0.00438. The van der Waals surface area contributed by atoms with E-state index in [0.717, 1.165) is 30.7 Å². The molecule has 112 valence electrons. The Kier molecular flexibility index (Phi) is 2.93. The fraction of sp³-hybridized carbons (Fsp3) is 0.941. The molecule has 0 spiro atoms. The first-order chi connectivity index (χ1) is 9.53. The molecule has 5 aliphatic rings. The summed E-state index contributed by atoms with van der Waals surface area (Å²) in [4.78, 5) is 14.3. The van der Waals surface area contributed by atoms with Crippen molar-refractivity contribution in [1.29, 1.82) is 0 Å². The van der Waals surface area contributed by atoms with Crippen LogP contribution in [-0.2, 0) is 9.53 Å². The van der Waals surface area contributed by atoms with Crippen LogP contribution in [-0.4, -0.2) is 36.6 Å². The highest BCUT2D eigenvalue weighted by molar-refractivity contribution is 5.77. The summed E-state index contributed by atoms with van der Waals surface area (Å²) in [5.41, 5.74) is 0.523. The zero-order chi connectivity index (χ0) is 13.9. The van der Waals surface area contributed by atoms with Crippen LogP contribution < -0.4 is 0 Å². The highest BCUT2D eigenvalue weighted by Gasteiger charge is 2.52. The number of hydrogen-bond acceptors (Lipinski definition) is 3. The Labute approximate surface area is 122 Å². The van der Waals surface area contributed by atoms with Gasteiger partial charge in [-0.2, -0.15) is 0 Å². The fourth-order valence-electron chi connectivity index (χ4n) is 6.22. The Balaban J connectivity index is 1.47. The van der Waals surface area contributed by atoms with E-state index < -0.39 is 0 Å². The van der Waals surface area contributed by atoms with Crippen LogP contribution in [0.1, 0.15) is 51.9 Å². The molecule has 4 bridgehead atoms. The third-order valence-corrected chi connectivity index (χ3v) is 6.43. The molecule has 20 heavy (non-hydrogen) atoms. The second kappa shape index (κ2) is 4.46. The quantitative estimate of drug-likeness (QED) is 0.743. The highest BCUT2D eigenvalue weighted by atomic mass is 16.6. The van der Waals surface area contributed by atoms with Crippen molar-refractivity contribution in [3.63, 3.8) is 0 Å². The van der Waals surface area contributed by atoms with Gasteiger partial charge in [0.05, 0.1) is 0 Å². The first-order valence-corrected chi connectivity index (χ1v) is 8.44. The molecule has 0 radical (unpaired) electrons. The average Bonchev–Trinajstić information content (AvgIpc) is 2.66. The van der Waals surface area contributed by atoms with Crippen LogP contribution in [0.2, 0.25) is 0 Å². The molecular formula is C17H27NO2. The fourth-order valence-corrected chi connectivity index (χ4v) is 6.22. The lowest BCUT2D eigenvalue weighted by Crippen LogP contribution is -2.52. The number of hydrogen-bond donors (Lipinski definition) is 0. The zero-order valence-corrected chi connectivity index (χ0v) is 12.8. The first kappa shape index (κ1) is 13.1. The summed E-state index contributed by atoms with van der Waals surface area (Å²) in [6, 6.07) is 0.0120. The smallest absolute Gasteiger partial charge is 0.323 e. The van der Waals surface area contributed by atoms with E-state index in [1.807, 2.05) is 6.92 Å². The Hall–Kier alpha value is -0.570. The summed E-state index contributed by atoms with van der Waals surface area (Å²) in [7, 11) is 2.14. The first-order valence-electron chi connectivity index (χ1n) is 8.44. The van der Waals surface area contributed by atoms with Crippen molar-refractivity contribution in [1.82, 2.24) is 4.90 Å². The lowest BCUT2D eigenvalue weighted by molar-refractivity contribution is -0.145. The van der Waals surface area contributed by atoms with Gasteiger partial charge in [0.1, 0.15) is 12.1 Å². The predicted molar refractivity (Wildman–Crippen MR) is 77.2 cm³/mol. The Morgan fingerprint density at radius 3 is 2.10 bits per heavy atom. The van der Waals surface area contributed by atoms with Gasteiger partial charge < -0.3 is 4.74 Å². The zero-order valence-electron chi connectivity index (χ0n) is 12.8. The topological polar surface area (TPSA) is 29.5 Å². The molecule has 0 N–H and O–H groups in total. The van der Waals surface area contributed by atoms with Crippen molar-refractivity contribution < 1.29 is 9.53 Å². The number of cyclic esters (lactones) is 1. The van der Waals surface area contributed by atoms with E-state index in [2.05, 4.69) is 11.9 Å². The van der Waals surface area contributed by atoms with Crippen LogP contribution in [0.3, 0.4) is 0 Å². The molecule has 5 fully saturated rings. The largest absolute Gasteiger partial charge is 0.461 e. The summed E-state index contributed by atoms with van der Waals surface area (Å²) >= 11 is 0. The third-order valence-electron chi connectivity index (χ3n) is 6.43. The molecule has 0 aromatic rings. The average molecular weight is 277 g/mol. The molecule has 2 unspecified atom stereocenters. The molecule has 1 saturated heterocycles. The van der Waals surface area contributed by atoms with E-state index in [1.165, 1.54) is 38.5 Å². The van der Waals surface area contributed by atoms with Gasteiger partial charge in [-0.1, -0.05) is 0 Å². The van der Waals surface area contributed by atoms with E-state index in [0.29, 0.717) is 5.41 Å². The van der Waals surface area contributed by atoms with E-state index in [-0.39, 0.29) is 18.1 Å². The Morgan fingerprint density at radius 2 is 1.65 bits per heavy atom. The minimum absolute atomic E-state index is 0.00438. The van der Waals surface area contributed by atoms with E-state index >= 15 is 0 Å². The molecule has 3 nitrogen and oxygen atoms in total. The van der Waals surface area contributed by atoms with Crippen LogP contribution in [0.15, 0.2) is 0 Å². The van der Waals surface area contributed by atoms with Crippen molar-refractivity contribution in [2.75, 3.05) is 13.6 Å². The van der Waals surface area contributed by atoms with E-state index in [9.17, 15) is 4.79 Å². The third kappa shape index (κ3) is 2.09. The van der Waals surface area contributed by atoms with Gasteiger partial charge in [0.25, 0.3) is 0 Å². The van der Waals surface area contributed by atoms with Gasteiger partial charge in [0.2, 0.25) is 0 Å². The van der Waals surface area contributed by atoms with Crippen molar-refractivity contribution >= 4 is 5.97 Å². The van der Waals surface area contributed by atoms with Crippen molar-refractivity contribution in [3.05, 3.63) is 0 Å². The molecule has 0 aromatic carbocycles. The van der Waals surface area contributed by atoms with Crippen molar-refractivity contribution in [2.45, 2.75) is 64.0 Å². The SMILES string of the molecule is CC1CC(N(C)CC23CC4CC(CC(C4)C2)C3)C(=O)O1. The second-order valence-electron chi connectivity index (χ2n) is 8.33. The van der Waals surface area contributed by atoms with Gasteiger partial charge in [-0.15, -0.1) is 0 Å². The molecule has 3 heteroatoms. The van der Waals surface area contributed by atoms with Gasteiger partial charge in [-0.05, 0) is 75.7 Å². The van der Waals surface area contributed by atoms with Gasteiger partial charge in [0.15, 0.2) is 0 Å². The monoisotopic (exact) mass is 277 g/mol. The summed E-state index contributed by atoms with van der Waals surface area (Å²) in [5.74, 6) is 2.97. The summed E-state index contributed by atoms with van der Waals surface area (Å²) in [5, 5.41) is 0. The number of nitrogens with zero attached hydrogens (tertiary/aromatic N) is 1. The van der Waals surface area contributed by atoms with Crippen LogP contribution in [0, 0.1) is 23.2 Å². The number of carbonyl (C=O) groups is 1. The number of carbonyl (C=O) groups excluding carboxylic acids is 1. The van der Waals surface area contributed by atoms with Crippen LogP contribution in [0.25, 0.3) is 0 Å². The Bertz CT molecular complexity index is 384. The van der Waals surface area contributed by atoms with Crippen molar-refractivity contribution in [3.8, 4) is 0 Å². The van der Waals surface area contributed by atoms with Gasteiger partial charge in [-0.3, -0.25) is 9.69 Å². The van der Waals surface area contributed by atoms with Crippen LogP contribution in [0.5, 0.6) is 0 Å². The maximum Gasteiger partial charge on any atom is 0.323 e. The lowest BCUT2D eigenvalue weighted by atomic mass is 9.49. The van der Waals surface area contributed by atoms with Gasteiger partial charge in [-0.25, -0.2) is 0 Å². The molecular weight excluding hydrogens is 250 g/mol. The molecule has 2 atom stereocenters. The maximum absolute atomic E-state index is 11.9. The van der Waals surface area contributed by atoms with E-state index in [1.54, 1.807) is 0 Å². The number of ether oxygens (including phenoxy) is 1. The number of likely N-dealkylation sites (N-methyl/N-ethyl adjacent to an activating group) is 1. The van der Waals surface area contributed by atoms with Crippen LogP contribution in [0.4, 0.5) is 0 Å². The molecule has 1 aliphatic heterocycles. The summed E-state index contributed by atoms with van der Waals surface area (Å²) < 4.78 is 5.34. The lowest BCUT2D eigenvalue weighted by Gasteiger charge is -2.58. The van der Waals surface area contributed by atoms with Crippen molar-refractivity contribution in [2.24, 2.45) is 23.2 Å². The standard InChI is InChI=1S/C17H27NO2/c1-11-3-15(16(19)20-11)18(2)10-17-7-12-4-13(8-17)6-14(5-12)9-17/h11-15H,3-10H2,1-2H3. The highest BCUT2D eigenvalue weighted by Crippen LogP contribution is 2.60. The second-order valence-corrected chi connectivity index (χ2v) is 8.33. The summed E-state index contributed by atoms with van der Waals surface area (Å²) in [6.45, 7) is 3.12. The normalized spacial score (nSPS) is 50.0. The molecule has 0 aromatic heterocycles. The molecule has 0 amide bonds.